The van der Waals surface area contributed by atoms with Gasteiger partial charge in [-0.15, -0.1) is 0 Å². The van der Waals surface area contributed by atoms with E-state index in [1.54, 1.807) is 21.3 Å². The van der Waals surface area contributed by atoms with Crippen LogP contribution in [-0.2, 0) is 11.2 Å². The van der Waals surface area contributed by atoms with E-state index in [1.165, 1.54) is 0 Å². The molecule has 0 radical (unpaired) electrons. The van der Waals surface area contributed by atoms with Crippen LogP contribution in [0.4, 0.5) is 5.69 Å². The third-order valence-corrected chi connectivity index (χ3v) is 4.89. The molecule has 0 aromatic heterocycles. The number of nitrogens with zero attached hydrogens (tertiary/aromatic N) is 2. The molecule has 1 fully saturated rings. The molecule has 0 bridgehead atoms. The van der Waals surface area contributed by atoms with Crippen molar-refractivity contribution in [3.05, 3.63) is 48.0 Å². The Morgan fingerprint density at radius 3 is 2.26 bits per heavy atom. The molecule has 0 unspecified atom stereocenters. The van der Waals surface area contributed by atoms with E-state index in [0.29, 0.717) is 31.0 Å². The Morgan fingerprint density at radius 1 is 0.889 bits per heavy atom. The highest BCUT2D eigenvalue weighted by atomic mass is 16.5. The van der Waals surface area contributed by atoms with E-state index in [2.05, 4.69) is 11.0 Å². The van der Waals surface area contributed by atoms with E-state index >= 15 is 0 Å². The fourth-order valence-corrected chi connectivity index (χ4v) is 3.36. The van der Waals surface area contributed by atoms with Gasteiger partial charge in [0.05, 0.1) is 33.4 Å². The van der Waals surface area contributed by atoms with Crippen LogP contribution in [0.15, 0.2) is 42.5 Å². The number of carbonyl (C=O) groups excluding carboxylic acids is 1. The lowest BCUT2D eigenvalue weighted by Crippen LogP contribution is -2.49. The molecule has 144 valence electrons. The SMILES string of the molecule is COc1ccc(CC(=O)N2CCN(c3ccccc3OC)CC2)c(OC)c1. The van der Waals surface area contributed by atoms with E-state index in [-0.39, 0.29) is 5.91 Å². The largest absolute Gasteiger partial charge is 0.497 e. The lowest BCUT2D eigenvalue weighted by molar-refractivity contribution is -0.130. The Labute approximate surface area is 160 Å². The maximum Gasteiger partial charge on any atom is 0.227 e. The Bertz CT molecular complexity index is 786. The molecule has 0 N–H and O–H groups in total. The van der Waals surface area contributed by atoms with E-state index in [4.69, 9.17) is 14.2 Å². The normalized spacial score (nSPS) is 14.0. The number of benzene rings is 2. The standard InChI is InChI=1S/C21H26N2O4/c1-25-17-9-8-16(20(15-17)27-3)14-21(24)23-12-10-22(11-13-23)18-6-4-5-7-19(18)26-2/h4-9,15H,10-14H2,1-3H3. The van der Waals surface area contributed by atoms with Crippen LogP contribution in [0, 0.1) is 0 Å². The van der Waals surface area contributed by atoms with Crippen LogP contribution in [-0.4, -0.2) is 58.3 Å². The molecule has 6 heteroatoms. The molecule has 0 atom stereocenters. The number of para-hydroxylation sites is 2. The monoisotopic (exact) mass is 370 g/mol. The third kappa shape index (κ3) is 4.27. The van der Waals surface area contributed by atoms with Crippen LogP contribution in [0.3, 0.4) is 0 Å². The van der Waals surface area contributed by atoms with Crippen molar-refractivity contribution in [2.45, 2.75) is 6.42 Å². The second-order valence-electron chi connectivity index (χ2n) is 6.39. The molecule has 1 saturated heterocycles. The van der Waals surface area contributed by atoms with Gasteiger partial charge in [-0.25, -0.2) is 0 Å². The number of hydrogen-bond donors (Lipinski definition) is 0. The number of carbonyl (C=O) groups is 1. The van der Waals surface area contributed by atoms with Crippen molar-refractivity contribution < 1.29 is 19.0 Å². The van der Waals surface area contributed by atoms with Gasteiger partial charge in [0.1, 0.15) is 17.2 Å². The molecule has 2 aromatic rings. The maximum absolute atomic E-state index is 12.8. The number of amides is 1. The van der Waals surface area contributed by atoms with Crippen LogP contribution in [0.25, 0.3) is 0 Å². The third-order valence-electron chi connectivity index (χ3n) is 4.89. The van der Waals surface area contributed by atoms with Crippen molar-refractivity contribution in [1.29, 1.82) is 0 Å². The summed E-state index contributed by atoms with van der Waals surface area (Å²) < 4.78 is 16.1. The molecule has 1 amide bonds. The predicted molar refractivity (Wildman–Crippen MR) is 105 cm³/mol. The second kappa shape index (κ2) is 8.66. The fourth-order valence-electron chi connectivity index (χ4n) is 3.36. The maximum atomic E-state index is 12.8. The van der Waals surface area contributed by atoms with Gasteiger partial charge >= 0.3 is 0 Å². The van der Waals surface area contributed by atoms with Gasteiger partial charge in [0.15, 0.2) is 0 Å². The summed E-state index contributed by atoms with van der Waals surface area (Å²) in [5, 5.41) is 0. The quantitative estimate of drug-likeness (QED) is 0.782. The van der Waals surface area contributed by atoms with Gasteiger partial charge in [0, 0.05) is 37.8 Å². The molecule has 1 aliphatic rings. The van der Waals surface area contributed by atoms with E-state index in [0.717, 1.165) is 30.1 Å². The van der Waals surface area contributed by atoms with Crippen molar-refractivity contribution in [3.8, 4) is 17.2 Å². The second-order valence-corrected chi connectivity index (χ2v) is 6.39. The van der Waals surface area contributed by atoms with Crippen molar-refractivity contribution in [1.82, 2.24) is 4.90 Å². The van der Waals surface area contributed by atoms with Gasteiger partial charge in [-0.3, -0.25) is 4.79 Å². The minimum Gasteiger partial charge on any atom is -0.497 e. The Balaban J connectivity index is 1.62. The average molecular weight is 370 g/mol. The number of rotatable bonds is 6. The van der Waals surface area contributed by atoms with Gasteiger partial charge in [0.25, 0.3) is 0 Å². The van der Waals surface area contributed by atoms with Crippen molar-refractivity contribution >= 4 is 11.6 Å². The minimum absolute atomic E-state index is 0.109. The molecule has 1 heterocycles. The van der Waals surface area contributed by atoms with Crippen LogP contribution in [0.2, 0.25) is 0 Å². The smallest absolute Gasteiger partial charge is 0.227 e. The van der Waals surface area contributed by atoms with E-state index < -0.39 is 0 Å². The van der Waals surface area contributed by atoms with Crippen LogP contribution in [0.5, 0.6) is 17.2 Å². The summed E-state index contributed by atoms with van der Waals surface area (Å²) in [4.78, 5) is 16.9. The Hall–Kier alpha value is -2.89. The van der Waals surface area contributed by atoms with Crippen molar-refractivity contribution in [2.75, 3.05) is 52.4 Å². The molecule has 0 saturated carbocycles. The molecule has 27 heavy (non-hydrogen) atoms. The van der Waals surface area contributed by atoms with Crippen molar-refractivity contribution in [2.24, 2.45) is 0 Å². The van der Waals surface area contributed by atoms with Gasteiger partial charge in [-0.1, -0.05) is 18.2 Å². The number of hydrogen-bond acceptors (Lipinski definition) is 5. The van der Waals surface area contributed by atoms with Crippen molar-refractivity contribution in [3.63, 3.8) is 0 Å². The van der Waals surface area contributed by atoms with Gasteiger partial charge in [-0.05, 0) is 18.2 Å². The highest BCUT2D eigenvalue weighted by Gasteiger charge is 2.23. The lowest BCUT2D eigenvalue weighted by Gasteiger charge is -2.36. The molecule has 6 nitrogen and oxygen atoms in total. The Kier molecular flexibility index (Phi) is 6.06. The van der Waals surface area contributed by atoms with E-state index in [1.807, 2.05) is 41.3 Å². The summed E-state index contributed by atoms with van der Waals surface area (Å²) in [5.41, 5.74) is 1.94. The number of ether oxygens (including phenoxy) is 3. The highest BCUT2D eigenvalue weighted by molar-refractivity contribution is 5.80. The summed E-state index contributed by atoms with van der Waals surface area (Å²) in [6, 6.07) is 13.5. The molecular formula is C21H26N2O4. The zero-order chi connectivity index (χ0) is 19.2. The highest BCUT2D eigenvalue weighted by Crippen LogP contribution is 2.29. The van der Waals surface area contributed by atoms with Crippen LogP contribution in [0.1, 0.15) is 5.56 Å². The molecule has 0 aliphatic carbocycles. The van der Waals surface area contributed by atoms with Crippen LogP contribution < -0.4 is 19.1 Å². The summed E-state index contributed by atoms with van der Waals surface area (Å²) in [6.07, 6.45) is 0.321. The first-order chi connectivity index (χ1) is 13.2. The number of methoxy groups -OCH3 is 3. The topological polar surface area (TPSA) is 51.2 Å². The first-order valence-corrected chi connectivity index (χ1v) is 9.03. The summed E-state index contributed by atoms with van der Waals surface area (Å²) in [5.74, 6) is 2.36. The number of anilines is 1. The molecule has 1 aliphatic heterocycles. The van der Waals surface area contributed by atoms with Crippen LogP contribution >= 0.6 is 0 Å². The molecule has 3 rings (SSSR count). The zero-order valence-electron chi connectivity index (χ0n) is 16.1. The minimum atomic E-state index is 0.109. The fraction of sp³-hybridized carbons (Fsp3) is 0.381. The molecule has 0 spiro atoms. The molecular weight excluding hydrogens is 344 g/mol. The summed E-state index contributed by atoms with van der Waals surface area (Å²) in [7, 11) is 4.90. The zero-order valence-corrected chi connectivity index (χ0v) is 16.1. The average Bonchev–Trinajstić information content (AvgIpc) is 2.74. The predicted octanol–water partition coefficient (Wildman–Crippen LogP) is 2.60. The van der Waals surface area contributed by atoms with Gasteiger partial charge < -0.3 is 24.0 Å². The summed E-state index contributed by atoms with van der Waals surface area (Å²) >= 11 is 0. The van der Waals surface area contributed by atoms with Gasteiger partial charge in [-0.2, -0.15) is 0 Å². The Morgan fingerprint density at radius 2 is 1.59 bits per heavy atom. The summed E-state index contributed by atoms with van der Waals surface area (Å²) in [6.45, 7) is 2.95. The molecule has 2 aromatic carbocycles. The van der Waals surface area contributed by atoms with E-state index in [9.17, 15) is 4.79 Å². The number of piperazine rings is 1. The van der Waals surface area contributed by atoms with Gasteiger partial charge in [0.2, 0.25) is 5.91 Å². The first-order valence-electron chi connectivity index (χ1n) is 9.03. The first kappa shape index (κ1) is 18.9. The lowest BCUT2D eigenvalue weighted by atomic mass is 10.1.